The number of nitrogens with one attached hydrogen (secondary N) is 1. The quantitative estimate of drug-likeness (QED) is 0.927. The Bertz CT molecular complexity index is 411. The summed E-state index contributed by atoms with van der Waals surface area (Å²) in [6.45, 7) is 8.20. The minimum Gasteiger partial charge on any atom is -0.308 e. The summed E-state index contributed by atoms with van der Waals surface area (Å²) in [5.41, 5.74) is 0.410. The molecule has 1 aromatic heterocycles. The number of rotatable bonds is 3. The van der Waals surface area contributed by atoms with E-state index >= 15 is 0 Å². The second kappa shape index (κ2) is 6.12. The Hall–Kier alpha value is -0.450. The number of hydrogen-bond donors (Lipinski definition) is 1. The molecule has 20 heavy (non-hydrogen) atoms. The summed E-state index contributed by atoms with van der Waals surface area (Å²) in [7, 11) is 0. The highest BCUT2D eigenvalue weighted by Crippen LogP contribution is 2.32. The second-order valence-corrected chi connectivity index (χ2v) is 7.70. The molecule has 4 heteroatoms. The fourth-order valence-electron chi connectivity index (χ4n) is 3.81. The Balaban J connectivity index is 1.64. The normalized spacial score (nSPS) is 28.6. The SMILES string of the molecule is CC(CN1CC2(CCCCC2)NCC1C)c1nccs1. The third-order valence-electron chi connectivity index (χ3n) is 5.09. The minimum atomic E-state index is 0.410. The van der Waals surface area contributed by atoms with E-state index in [9.17, 15) is 0 Å². The van der Waals surface area contributed by atoms with Crippen LogP contribution < -0.4 is 5.32 Å². The standard InChI is InChI=1S/C16H27N3S/c1-13(15-17-8-9-20-15)11-19-12-16(18-10-14(19)2)6-4-3-5-7-16/h8-9,13-14,18H,3-7,10-12H2,1-2H3. The van der Waals surface area contributed by atoms with Crippen molar-refractivity contribution in [1.29, 1.82) is 0 Å². The summed E-state index contributed by atoms with van der Waals surface area (Å²) in [6.07, 6.45) is 8.88. The molecule has 2 aliphatic rings. The van der Waals surface area contributed by atoms with Crippen molar-refractivity contribution in [2.24, 2.45) is 0 Å². The molecular weight excluding hydrogens is 266 g/mol. The average Bonchev–Trinajstić information content (AvgIpc) is 2.98. The van der Waals surface area contributed by atoms with Crippen molar-refractivity contribution in [1.82, 2.24) is 15.2 Å². The Morgan fingerprint density at radius 3 is 2.95 bits per heavy atom. The van der Waals surface area contributed by atoms with Gasteiger partial charge in [-0.15, -0.1) is 11.3 Å². The molecule has 1 spiro atoms. The average molecular weight is 293 g/mol. The van der Waals surface area contributed by atoms with Crippen molar-refractivity contribution in [2.75, 3.05) is 19.6 Å². The Morgan fingerprint density at radius 2 is 2.25 bits per heavy atom. The van der Waals surface area contributed by atoms with Crippen LogP contribution in [0.1, 0.15) is 56.9 Å². The van der Waals surface area contributed by atoms with Crippen molar-refractivity contribution in [3.8, 4) is 0 Å². The number of piperazine rings is 1. The zero-order valence-electron chi connectivity index (χ0n) is 12.8. The molecule has 1 aromatic rings. The molecule has 2 heterocycles. The zero-order valence-corrected chi connectivity index (χ0v) is 13.6. The maximum atomic E-state index is 4.49. The molecule has 3 nitrogen and oxygen atoms in total. The van der Waals surface area contributed by atoms with Crippen LogP contribution in [0.3, 0.4) is 0 Å². The number of nitrogens with zero attached hydrogens (tertiary/aromatic N) is 2. The van der Waals surface area contributed by atoms with Crippen molar-refractivity contribution in [3.05, 3.63) is 16.6 Å². The number of thiazole rings is 1. The van der Waals surface area contributed by atoms with Gasteiger partial charge in [-0.3, -0.25) is 4.90 Å². The van der Waals surface area contributed by atoms with E-state index in [0.29, 0.717) is 17.5 Å². The predicted octanol–water partition coefficient (Wildman–Crippen LogP) is 3.24. The van der Waals surface area contributed by atoms with Gasteiger partial charge in [0.2, 0.25) is 0 Å². The van der Waals surface area contributed by atoms with Crippen molar-refractivity contribution in [3.63, 3.8) is 0 Å². The van der Waals surface area contributed by atoms with Gasteiger partial charge in [0.15, 0.2) is 0 Å². The molecule has 112 valence electrons. The van der Waals surface area contributed by atoms with Crippen molar-refractivity contribution < 1.29 is 0 Å². The van der Waals surface area contributed by atoms with Crippen LogP contribution in [0.2, 0.25) is 0 Å². The van der Waals surface area contributed by atoms with Gasteiger partial charge in [0.05, 0.1) is 5.01 Å². The molecule has 1 saturated heterocycles. The first kappa shape index (κ1) is 14.5. The Morgan fingerprint density at radius 1 is 1.45 bits per heavy atom. The smallest absolute Gasteiger partial charge is 0.0965 e. The third-order valence-corrected chi connectivity index (χ3v) is 6.10. The molecule has 1 aliphatic heterocycles. The molecule has 0 amide bonds. The van der Waals surface area contributed by atoms with Gasteiger partial charge in [-0.2, -0.15) is 0 Å². The molecule has 1 saturated carbocycles. The van der Waals surface area contributed by atoms with E-state index in [1.54, 1.807) is 11.3 Å². The Kier molecular flexibility index (Phi) is 4.43. The van der Waals surface area contributed by atoms with Gasteiger partial charge in [0.1, 0.15) is 0 Å². The van der Waals surface area contributed by atoms with Gasteiger partial charge < -0.3 is 5.32 Å². The lowest BCUT2D eigenvalue weighted by molar-refractivity contribution is 0.0593. The lowest BCUT2D eigenvalue weighted by Crippen LogP contribution is -2.64. The van der Waals surface area contributed by atoms with Crippen LogP contribution in [0.15, 0.2) is 11.6 Å². The van der Waals surface area contributed by atoms with Gasteiger partial charge in [-0.05, 0) is 19.8 Å². The van der Waals surface area contributed by atoms with Gasteiger partial charge in [0, 0.05) is 48.7 Å². The summed E-state index contributed by atoms with van der Waals surface area (Å²) in [4.78, 5) is 7.19. The van der Waals surface area contributed by atoms with Crippen LogP contribution in [0.25, 0.3) is 0 Å². The fraction of sp³-hybridized carbons (Fsp3) is 0.812. The van der Waals surface area contributed by atoms with E-state index < -0.39 is 0 Å². The summed E-state index contributed by atoms with van der Waals surface area (Å²) >= 11 is 1.79. The van der Waals surface area contributed by atoms with Gasteiger partial charge in [0.25, 0.3) is 0 Å². The third kappa shape index (κ3) is 3.07. The zero-order chi connectivity index (χ0) is 14.0. The summed E-state index contributed by atoms with van der Waals surface area (Å²) in [6, 6.07) is 0.643. The van der Waals surface area contributed by atoms with E-state index in [-0.39, 0.29) is 0 Å². The van der Waals surface area contributed by atoms with Crippen molar-refractivity contribution in [2.45, 2.75) is 63.5 Å². The monoisotopic (exact) mass is 293 g/mol. The summed E-state index contributed by atoms with van der Waals surface area (Å²) < 4.78 is 0. The lowest BCUT2D eigenvalue weighted by Gasteiger charge is -2.49. The van der Waals surface area contributed by atoms with Crippen LogP contribution in [0, 0.1) is 0 Å². The minimum absolute atomic E-state index is 0.410. The van der Waals surface area contributed by atoms with E-state index in [2.05, 4.69) is 34.4 Å². The molecule has 1 N–H and O–H groups in total. The molecule has 0 radical (unpaired) electrons. The molecule has 0 aromatic carbocycles. The highest BCUT2D eigenvalue weighted by atomic mass is 32.1. The molecule has 2 unspecified atom stereocenters. The van der Waals surface area contributed by atoms with Crippen LogP contribution in [0.4, 0.5) is 0 Å². The van der Waals surface area contributed by atoms with Crippen LogP contribution in [-0.2, 0) is 0 Å². The number of hydrogen-bond acceptors (Lipinski definition) is 4. The largest absolute Gasteiger partial charge is 0.308 e. The van der Waals surface area contributed by atoms with Gasteiger partial charge in [-0.25, -0.2) is 4.98 Å². The van der Waals surface area contributed by atoms with E-state index in [1.807, 2.05) is 6.20 Å². The number of aromatic nitrogens is 1. The molecular formula is C16H27N3S. The molecule has 2 fully saturated rings. The predicted molar refractivity (Wildman–Crippen MR) is 85.4 cm³/mol. The van der Waals surface area contributed by atoms with Crippen LogP contribution >= 0.6 is 11.3 Å². The fourth-order valence-corrected chi connectivity index (χ4v) is 4.50. The highest BCUT2D eigenvalue weighted by molar-refractivity contribution is 7.09. The summed E-state index contributed by atoms with van der Waals surface area (Å²) in [5, 5.41) is 7.25. The second-order valence-electron chi connectivity index (χ2n) is 6.77. The van der Waals surface area contributed by atoms with E-state index in [0.717, 1.165) is 13.1 Å². The topological polar surface area (TPSA) is 28.2 Å². The molecule has 1 aliphatic carbocycles. The van der Waals surface area contributed by atoms with Gasteiger partial charge in [-0.1, -0.05) is 26.2 Å². The first-order chi connectivity index (χ1) is 9.69. The van der Waals surface area contributed by atoms with E-state index in [4.69, 9.17) is 0 Å². The highest BCUT2D eigenvalue weighted by Gasteiger charge is 2.38. The van der Waals surface area contributed by atoms with Crippen LogP contribution in [0.5, 0.6) is 0 Å². The first-order valence-electron chi connectivity index (χ1n) is 8.07. The first-order valence-corrected chi connectivity index (χ1v) is 8.95. The van der Waals surface area contributed by atoms with E-state index in [1.165, 1.54) is 43.7 Å². The maximum absolute atomic E-state index is 4.49. The molecule has 2 atom stereocenters. The van der Waals surface area contributed by atoms with Gasteiger partial charge >= 0.3 is 0 Å². The molecule has 0 bridgehead atoms. The summed E-state index contributed by atoms with van der Waals surface area (Å²) in [5.74, 6) is 0.552. The lowest BCUT2D eigenvalue weighted by atomic mass is 9.79. The molecule has 3 rings (SSSR count). The maximum Gasteiger partial charge on any atom is 0.0965 e. The van der Waals surface area contributed by atoms with Crippen molar-refractivity contribution >= 4 is 11.3 Å². The van der Waals surface area contributed by atoms with Crippen LogP contribution in [-0.4, -0.2) is 41.1 Å². The Labute approximate surface area is 126 Å².